The highest BCUT2D eigenvalue weighted by molar-refractivity contribution is 6.30. The second-order valence-corrected chi connectivity index (χ2v) is 10.2. The lowest BCUT2D eigenvalue weighted by molar-refractivity contribution is -0.139. The number of carbonyl (C=O) groups excluding carboxylic acids is 2. The van der Waals surface area contributed by atoms with Crippen LogP contribution in [0.2, 0.25) is 5.02 Å². The summed E-state index contributed by atoms with van der Waals surface area (Å²) in [4.78, 5) is 28.6. The number of amides is 2. The number of nitrogens with one attached hydrogen (secondary N) is 1. The van der Waals surface area contributed by atoms with E-state index >= 15 is 0 Å². The maximum absolute atomic E-state index is 13.9. The molecule has 2 aromatic carbocycles. The first-order valence-corrected chi connectivity index (χ1v) is 14.1. The number of benzene rings is 2. The average molecular weight is 550 g/mol. The van der Waals surface area contributed by atoms with E-state index in [-0.39, 0.29) is 23.7 Å². The molecule has 1 fully saturated rings. The number of hydrogen-bond acceptors (Lipinski definition) is 4. The molecule has 8 heteroatoms. The van der Waals surface area contributed by atoms with Gasteiger partial charge >= 0.3 is 0 Å². The summed E-state index contributed by atoms with van der Waals surface area (Å²) in [6.45, 7) is 2.91. The van der Waals surface area contributed by atoms with Gasteiger partial charge in [-0.15, -0.1) is 11.6 Å². The molecule has 1 N–H and O–H groups in total. The quantitative estimate of drug-likeness (QED) is 0.248. The lowest BCUT2D eigenvalue weighted by Crippen LogP contribution is -2.47. The van der Waals surface area contributed by atoms with Gasteiger partial charge in [-0.25, -0.2) is 0 Å². The Morgan fingerprint density at radius 2 is 1.76 bits per heavy atom. The van der Waals surface area contributed by atoms with Gasteiger partial charge in [0.2, 0.25) is 11.8 Å². The zero-order chi connectivity index (χ0) is 26.6. The van der Waals surface area contributed by atoms with Crippen molar-refractivity contribution in [2.24, 2.45) is 0 Å². The molecule has 202 valence electrons. The van der Waals surface area contributed by atoms with Crippen LogP contribution in [0.25, 0.3) is 0 Å². The Balaban J connectivity index is 1.94. The van der Waals surface area contributed by atoms with E-state index in [1.807, 2.05) is 37.3 Å². The highest BCUT2D eigenvalue weighted by Crippen LogP contribution is 2.33. The Morgan fingerprint density at radius 3 is 2.38 bits per heavy atom. The van der Waals surface area contributed by atoms with Crippen LogP contribution in [-0.4, -0.2) is 48.9 Å². The maximum Gasteiger partial charge on any atom is 0.247 e. The Hall–Kier alpha value is -2.44. The first-order valence-electron chi connectivity index (χ1n) is 13.2. The van der Waals surface area contributed by atoms with Gasteiger partial charge < -0.3 is 19.7 Å². The number of methoxy groups -OCH3 is 1. The summed E-state index contributed by atoms with van der Waals surface area (Å²) < 4.78 is 11.4. The van der Waals surface area contributed by atoms with Crippen LogP contribution in [0.5, 0.6) is 11.5 Å². The molecule has 37 heavy (non-hydrogen) atoms. The summed E-state index contributed by atoms with van der Waals surface area (Å²) in [5.74, 6) is 0.400. The van der Waals surface area contributed by atoms with Gasteiger partial charge in [-0.3, -0.25) is 9.59 Å². The molecular formula is C29H38Cl2N2O4. The van der Waals surface area contributed by atoms with Crippen molar-refractivity contribution >= 4 is 35.0 Å². The molecule has 2 aromatic rings. The van der Waals surface area contributed by atoms with Gasteiger partial charge in [-0.1, -0.05) is 62.4 Å². The van der Waals surface area contributed by atoms with Gasteiger partial charge in [0.05, 0.1) is 13.7 Å². The van der Waals surface area contributed by atoms with Gasteiger partial charge in [0.1, 0.15) is 11.9 Å². The van der Waals surface area contributed by atoms with Crippen LogP contribution in [0.4, 0.5) is 0 Å². The van der Waals surface area contributed by atoms with Crippen LogP contribution < -0.4 is 14.8 Å². The zero-order valence-electron chi connectivity index (χ0n) is 21.8. The number of ether oxygens (including phenoxy) is 2. The molecule has 0 heterocycles. The van der Waals surface area contributed by atoms with Crippen molar-refractivity contribution in [2.75, 3.05) is 26.1 Å². The minimum Gasteiger partial charge on any atom is -0.493 e. The Morgan fingerprint density at radius 1 is 1.05 bits per heavy atom. The van der Waals surface area contributed by atoms with Crippen molar-refractivity contribution in [1.29, 1.82) is 0 Å². The molecule has 2 amide bonds. The second kappa shape index (κ2) is 15.1. The summed E-state index contributed by atoms with van der Waals surface area (Å²) in [5, 5.41) is 3.89. The Kier molecular flexibility index (Phi) is 11.9. The Bertz CT molecular complexity index is 1010. The van der Waals surface area contributed by atoms with Crippen LogP contribution in [0.15, 0.2) is 42.5 Å². The molecule has 0 bridgehead atoms. The van der Waals surface area contributed by atoms with E-state index in [9.17, 15) is 9.59 Å². The molecule has 0 unspecified atom stereocenters. The van der Waals surface area contributed by atoms with E-state index in [2.05, 4.69) is 5.32 Å². The molecule has 0 radical (unpaired) electrons. The molecule has 0 spiro atoms. The first-order chi connectivity index (χ1) is 18.0. The largest absolute Gasteiger partial charge is 0.493 e. The molecule has 1 aliphatic carbocycles. The van der Waals surface area contributed by atoms with Gasteiger partial charge in [0.25, 0.3) is 0 Å². The van der Waals surface area contributed by atoms with E-state index in [0.717, 1.165) is 37.7 Å². The first kappa shape index (κ1) is 29.1. The van der Waals surface area contributed by atoms with Crippen molar-refractivity contribution in [2.45, 2.75) is 70.4 Å². The fraction of sp³-hybridized carbons (Fsp3) is 0.517. The monoisotopic (exact) mass is 548 g/mol. The second-order valence-electron chi connectivity index (χ2n) is 9.46. The standard InChI is InChI=1S/C29H38Cl2N2O4/c1-3-18-37-25-15-12-22(19-26(25)36-2)28(29(35)32-24-8-6-4-5-7-9-24)33(27(34)20-30)17-16-21-10-13-23(31)14-11-21/h10-15,19,24,28H,3-9,16-18,20H2,1-2H3,(H,32,35)/t28-/m1/s1. The predicted octanol–water partition coefficient (Wildman–Crippen LogP) is 6.33. The van der Waals surface area contributed by atoms with Crippen LogP contribution >= 0.6 is 23.2 Å². The molecular weight excluding hydrogens is 511 g/mol. The summed E-state index contributed by atoms with van der Waals surface area (Å²) in [5.41, 5.74) is 1.67. The lowest BCUT2D eigenvalue weighted by Gasteiger charge is -2.32. The highest BCUT2D eigenvalue weighted by atomic mass is 35.5. The third-order valence-electron chi connectivity index (χ3n) is 6.72. The van der Waals surface area contributed by atoms with Crippen molar-refractivity contribution in [3.8, 4) is 11.5 Å². The number of halogens is 2. The van der Waals surface area contributed by atoms with Crippen LogP contribution in [0.1, 0.15) is 69.0 Å². The molecule has 0 aliphatic heterocycles. The minimum atomic E-state index is -0.851. The smallest absolute Gasteiger partial charge is 0.247 e. The van der Waals surface area contributed by atoms with Crippen molar-refractivity contribution in [3.63, 3.8) is 0 Å². The summed E-state index contributed by atoms with van der Waals surface area (Å²) >= 11 is 12.1. The molecule has 3 rings (SSSR count). The fourth-order valence-electron chi connectivity index (χ4n) is 4.74. The van der Waals surface area contributed by atoms with Gasteiger partial charge in [-0.05, 0) is 61.1 Å². The molecule has 0 aromatic heterocycles. The predicted molar refractivity (Wildman–Crippen MR) is 149 cm³/mol. The van der Waals surface area contributed by atoms with Crippen LogP contribution in [0.3, 0.4) is 0 Å². The summed E-state index contributed by atoms with van der Waals surface area (Å²) in [7, 11) is 1.57. The topological polar surface area (TPSA) is 67.9 Å². The minimum absolute atomic E-state index is 0.0933. The van der Waals surface area contributed by atoms with Crippen LogP contribution in [-0.2, 0) is 16.0 Å². The normalized spacial score (nSPS) is 14.9. The molecule has 6 nitrogen and oxygen atoms in total. The molecule has 1 aliphatic rings. The van der Waals surface area contributed by atoms with Crippen molar-refractivity contribution in [1.82, 2.24) is 10.2 Å². The number of alkyl halides is 1. The Labute approximate surface area is 230 Å². The average Bonchev–Trinajstić information content (AvgIpc) is 3.18. The molecule has 1 atom stereocenters. The SMILES string of the molecule is CCCOc1ccc([C@H](C(=O)NC2CCCCCC2)N(CCc2ccc(Cl)cc2)C(=O)CCl)cc1OC. The van der Waals surface area contributed by atoms with E-state index in [1.54, 1.807) is 24.1 Å². The van der Waals surface area contributed by atoms with E-state index < -0.39 is 6.04 Å². The van der Waals surface area contributed by atoms with E-state index in [0.29, 0.717) is 41.7 Å². The molecule has 0 saturated heterocycles. The van der Waals surface area contributed by atoms with Crippen molar-refractivity contribution < 1.29 is 19.1 Å². The number of rotatable bonds is 12. The number of carbonyl (C=O) groups is 2. The number of nitrogens with zero attached hydrogens (tertiary/aromatic N) is 1. The maximum atomic E-state index is 13.9. The summed E-state index contributed by atoms with van der Waals surface area (Å²) in [6, 6.07) is 12.2. The molecule has 1 saturated carbocycles. The fourth-order valence-corrected chi connectivity index (χ4v) is 5.02. The lowest BCUT2D eigenvalue weighted by atomic mass is 10.0. The van der Waals surface area contributed by atoms with E-state index in [4.69, 9.17) is 32.7 Å². The zero-order valence-corrected chi connectivity index (χ0v) is 23.3. The van der Waals surface area contributed by atoms with Crippen molar-refractivity contribution in [3.05, 3.63) is 58.6 Å². The third kappa shape index (κ3) is 8.54. The number of hydrogen-bond donors (Lipinski definition) is 1. The van der Waals surface area contributed by atoms with E-state index in [1.165, 1.54) is 12.8 Å². The van der Waals surface area contributed by atoms with Gasteiger partial charge in [0, 0.05) is 17.6 Å². The van der Waals surface area contributed by atoms with Gasteiger partial charge in [-0.2, -0.15) is 0 Å². The van der Waals surface area contributed by atoms with Crippen LogP contribution in [0, 0.1) is 0 Å². The summed E-state index contributed by atoms with van der Waals surface area (Å²) in [6.07, 6.45) is 7.86. The third-order valence-corrected chi connectivity index (χ3v) is 7.20. The highest BCUT2D eigenvalue weighted by Gasteiger charge is 2.33. The van der Waals surface area contributed by atoms with Gasteiger partial charge in [0.15, 0.2) is 11.5 Å².